The van der Waals surface area contributed by atoms with Crippen molar-refractivity contribution in [1.82, 2.24) is 14.8 Å². The van der Waals surface area contributed by atoms with Crippen LogP contribution in [0.3, 0.4) is 0 Å². The molecule has 9 nitrogen and oxygen atoms in total. The highest BCUT2D eigenvalue weighted by atomic mass is 35.5. The fourth-order valence-electron chi connectivity index (χ4n) is 5.58. The van der Waals surface area contributed by atoms with Gasteiger partial charge in [0.1, 0.15) is 6.10 Å². The van der Waals surface area contributed by atoms with Gasteiger partial charge in [-0.05, 0) is 59.7 Å². The average Bonchev–Trinajstić information content (AvgIpc) is 3.78. The normalized spacial score (nSPS) is 18.9. The number of nitrogens with zero attached hydrogens (tertiary/aromatic N) is 3. The number of hydrogen-bond acceptors (Lipinski definition) is 9. The minimum Gasteiger partial charge on any atom is -0.489 e. The smallest absolute Gasteiger partial charge is 0.387 e. The van der Waals surface area contributed by atoms with Crippen molar-refractivity contribution in [2.24, 2.45) is 5.92 Å². The van der Waals surface area contributed by atoms with Crippen LogP contribution in [0.25, 0.3) is 0 Å². The molecule has 256 valence electrons. The minimum atomic E-state index is -3.05. The lowest BCUT2D eigenvalue weighted by molar-refractivity contribution is -0.151. The van der Waals surface area contributed by atoms with E-state index in [1.807, 2.05) is 12.1 Å². The number of pyridine rings is 1. The van der Waals surface area contributed by atoms with E-state index in [2.05, 4.69) is 9.88 Å². The molecule has 3 aliphatic rings. The van der Waals surface area contributed by atoms with Crippen molar-refractivity contribution in [3.63, 3.8) is 0 Å². The number of amides is 1. The first-order valence-corrected chi connectivity index (χ1v) is 17.6. The van der Waals surface area contributed by atoms with E-state index in [0.717, 1.165) is 38.0 Å². The second kappa shape index (κ2) is 16.0. The Labute approximate surface area is 291 Å². The van der Waals surface area contributed by atoms with Crippen LogP contribution >= 0.6 is 35.0 Å². The molecule has 1 aromatic heterocycles. The summed E-state index contributed by atoms with van der Waals surface area (Å²) in [7, 11) is 0. The molecule has 2 saturated heterocycles. The number of ether oxygens (including phenoxy) is 4. The molecular weight excluding hydrogens is 687 g/mol. The number of carbonyl (C=O) groups is 2. The predicted molar refractivity (Wildman–Crippen MR) is 178 cm³/mol. The van der Waals surface area contributed by atoms with E-state index in [9.17, 15) is 18.4 Å². The van der Waals surface area contributed by atoms with E-state index in [-0.39, 0.29) is 33.9 Å². The highest BCUT2D eigenvalue weighted by Gasteiger charge is 2.38. The number of thioether (sulfide) groups is 1. The summed E-state index contributed by atoms with van der Waals surface area (Å²) in [6, 6.07) is 11.9. The summed E-state index contributed by atoms with van der Waals surface area (Å²) in [6.45, 7) is 1.56. The summed E-state index contributed by atoms with van der Waals surface area (Å²) < 4.78 is 48.5. The summed E-state index contributed by atoms with van der Waals surface area (Å²) >= 11 is 14.2. The zero-order valence-corrected chi connectivity index (χ0v) is 28.3. The number of benzene rings is 2. The van der Waals surface area contributed by atoms with Crippen molar-refractivity contribution in [2.45, 2.75) is 43.9 Å². The second-order valence-electron chi connectivity index (χ2n) is 11.9. The van der Waals surface area contributed by atoms with E-state index < -0.39 is 24.1 Å². The monoisotopic (exact) mass is 721 g/mol. The Bertz CT molecular complexity index is 1570. The van der Waals surface area contributed by atoms with Gasteiger partial charge in [0, 0.05) is 56.3 Å². The molecular formula is C34H35Cl2F2N3O6S. The molecule has 6 rings (SSSR count). The molecule has 3 heterocycles. The van der Waals surface area contributed by atoms with E-state index in [1.54, 1.807) is 12.1 Å². The van der Waals surface area contributed by atoms with E-state index in [0.29, 0.717) is 54.7 Å². The highest BCUT2D eigenvalue weighted by molar-refractivity contribution is 8.00. The summed E-state index contributed by atoms with van der Waals surface area (Å²) in [5.41, 5.74) is 2.50. The summed E-state index contributed by atoms with van der Waals surface area (Å²) in [6.07, 6.45) is 3.96. The van der Waals surface area contributed by atoms with Crippen molar-refractivity contribution < 1.29 is 37.3 Å². The molecule has 2 aliphatic heterocycles. The third-order valence-electron chi connectivity index (χ3n) is 8.39. The third kappa shape index (κ3) is 8.89. The summed E-state index contributed by atoms with van der Waals surface area (Å²) in [5, 5.41) is -0.352. The average molecular weight is 723 g/mol. The van der Waals surface area contributed by atoms with Gasteiger partial charge in [0.05, 0.1) is 29.9 Å². The number of aromatic nitrogens is 1. The Morgan fingerprint density at radius 1 is 1.00 bits per heavy atom. The lowest BCUT2D eigenvalue weighted by atomic mass is 10.0. The number of hydrogen-bond donors (Lipinski definition) is 0. The molecule has 0 unspecified atom stereocenters. The predicted octanol–water partition coefficient (Wildman–Crippen LogP) is 6.65. The largest absolute Gasteiger partial charge is 0.489 e. The van der Waals surface area contributed by atoms with Crippen LogP contribution < -0.4 is 9.47 Å². The van der Waals surface area contributed by atoms with E-state index in [4.69, 9.17) is 42.1 Å². The maximum atomic E-state index is 13.8. The van der Waals surface area contributed by atoms with Crippen LogP contribution in [-0.4, -0.2) is 83.9 Å². The van der Waals surface area contributed by atoms with E-state index in [1.165, 1.54) is 47.3 Å². The Balaban J connectivity index is 1.21. The molecule has 1 saturated carbocycles. The fourth-order valence-corrected chi connectivity index (χ4v) is 7.19. The molecule has 3 aromatic rings. The van der Waals surface area contributed by atoms with Gasteiger partial charge in [-0.15, -0.1) is 11.8 Å². The van der Waals surface area contributed by atoms with Crippen LogP contribution in [0.2, 0.25) is 10.0 Å². The molecule has 14 heteroatoms. The first kappa shape index (κ1) is 34.7. The Kier molecular flexibility index (Phi) is 11.6. The topological polar surface area (TPSA) is 90.4 Å². The van der Waals surface area contributed by atoms with Gasteiger partial charge in [-0.25, -0.2) is 4.79 Å². The number of alkyl halides is 2. The van der Waals surface area contributed by atoms with Crippen LogP contribution in [0.1, 0.15) is 46.0 Å². The lowest BCUT2D eigenvalue weighted by Gasteiger charge is -2.27. The molecule has 2 aromatic carbocycles. The number of carbonyl (C=O) groups excluding carboxylic acids is 2. The zero-order valence-electron chi connectivity index (χ0n) is 26.0. The van der Waals surface area contributed by atoms with Crippen LogP contribution in [0.4, 0.5) is 8.78 Å². The van der Waals surface area contributed by atoms with Crippen LogP contribution in [0, 0.1) is 5.92 Å². The van der Waals surface area contributed by atoms with Gasteiger partial charge in [0.2, 0.25) is 0 Å². The summed E-state index contributed by atoms with van der Waals surface area (Å²) in [5.74, 6) is -0.0303. The third-order valence-corrected chi connectivity index (χ3v) is 10.2. The molecule has 1 aliphatic carbocycles. The van der Waals surface area contributed by atoms with Gasteiger partial charge in [-0.1, -0.05) is 41.4 Å². The van der Waals surface area contributed by atoms with Crippen LogP contribution in [-0.2, 0) is 27.2 Å². The van der Waals surface area contributed by atoms with E-state index >= 15 is 0 Å². The maximum absolute atomic E-state index is 13.8. The van der Waals surface area contributed by atoms with Crippen molar-refractivity contribution in [2.75, 3.05) is 45.2 Å². The van der Waals surface area contributed by atoms with Crippen molar-refractivity contribution in [3.8, 4) is 11.5 Å². The number of halogens is 4. The number of morpholine rings is 1. The molecule has 1 amide bonds. The highest BCUT2D eigenvalue weighted by Crippen LogP contribution is 2.39. The minimum absolute atomic E-state index is 0.0545. The van der Waals surface area contributed by atoms with Gasteiger partial charge in [0.25, 0.3) is 5.91 Å². The maximum Gasteiger partial charge on any atom is 0.387 e. The molecule has 48 heavy (non-hydrogen) atoms. The molecule has 0 N–H and O–H groups in total. The van der Waals surface area contributed by atoms with Crippen LogP contribution in [0.5, 0.6) is 11.5 Å². The standard InChI is InChI=1S/C34H35Cl2F2N3O6S/c35-26-17-39-18-27(36)25(26)16-29(24-7-8-28(47-34(37)38)30(15-24)45-20-22-1-2-22)46-33(43)32-41(11-14-48-32)31(42)23-5-3-21(4-6-23)19-40-9-12-44-13-10-40/h3-8,15,17-18,22,29,32,34H,1-2,9-14,16,19-20H2/t29-,32-/m0/s1. The van der Waals surface area contributed by atoms with Gasteiger partial charge >= 0.3 is 12.6 Å². The quantitative estimate of drug-likeness (QED) is 0.180. The molecule has 0 bridgehead atoms. The Hall–Kier alpha value is -3.16. The molecule has 2 atom stereocenters. The van der Waals surface area contributed by atoms with Crippen LogP contribution in [0.15, 0.2) is 54.9 Å². The Morgan fingerprint density at radius 3 is 2.42 bits per heavy atom. The van der Waals surface area contributed by atoms with Gasteiger partial charge in [-0.3, -0.25) is 14.7 Å². The SMILES string of the molecule is O=C(O[C@@H](Cc1c(Cl)cncc1Cl)c1ccc(OC(F)F)c(OCC2CC2)c1)[C@@H]1SCCN1C(=O)c1ccc(CN2CCOCC2)cc1. The van der Waals surface area contributed by atoms with Crippen molar-refractivity contribution >= 4 is 46.8 Å². The molecule has 3 fully saturated rings. The molecule has 0 radical (unpaired) electrons. The first-order valence-electron chi connectivity index (χ1n) is 15.8. The number of rotatable bonds is 13. The van der Waals surface area contributed by atoms with Gasteiger partial charge in [0.15, 0.2) is 16.9 Å². The van der Waals surface area contributed by atoms with Crippen molar-refractivity contribution in [3.05, 3.63) is 87.2 Å². The van der Waals surface area contributed by atoms with Crippen molar-refractivity contribution in [1.29, 1.82) is 0 Å². The number of esters is 1. The van der Waals surface area contributed by atoms with Gasteiger partial charge < -0.3 is 23.8 Å². The second-order valence-corrected chi connectivity index (χ2v) is 13.9. The lowest BCUT2D eigenvalue weighted by Crippen LogP contribution is -2.40. The Morgan fingerprint density at radius 2 is 1.73 bits per heavy atom. The molecule has 0 spiro atoms. The first-order chi connectivity index (χ1) is 23.2. The fraction of sp³-hybridized carbons (Fsp3) is 0.441. The zero-order chi connectivity index (χ0) is 33.6. The summed E-state index contributed by atoms with van der Waals surface area (Å²) in [4.78, 5) is 35.3. The van der Waals surface area contributed by atoms with Gasteiger partial charge in [-0.2, -0.15) is 8.78 Å².